The van der Waals surface area contributed by atoms with Gasteiger partial charge in [0.05, 0.1) is 5.56 Å². The van der Waals surface area contributed by atoms with Crippen molar-refractivity contribution in [3.05, 3.63) is 35.1 Å². The lowest BCUT2D eigenvalue weighted by atomic mass is 10.0. The normalized spacial score (nSPS) is 14.7. The van der Waals surface area contributed by atoms with Gasteiger partial charge in [0.25, 0.3) is 0 Å². The molecule has 0 aliphatic rings. The summed E-state index contributed by atoms with van der Waals surface area (Å²) in [7, 11) is 0. The molecule has 0 amide bonds. The first-order valence-electron chi connectivity index (χ1n) is 4.47. The number of hydrogen-bond donors (Lipinski definition) is 2. The quantitative estimate of drug-likeness (QED) is 0.389. The summed E-state index contributed by atoms with van der Waals surface area (Å²) < 4.78 is 75.5. The average Bonchev–Trinajstić information content (AvgIpc) is 2.14. The van der Waals surface area contributed by atoms with Gasteiger partial charge in [0.15, 0.2) is 0 Å². The Hall–Kier alpha value is -0.990. The topological polar surface area (TPSA) is 38.0 Å². The molecule has 0 aliphatic heterocycles. The van der Waals surface area contributed by atoms with Crippen molar-refractivity contribution in [3.63, 3.8) is 0 Å². The Morgan fingerprint density at radius 1 is 1.17 bits per heavy atom. The third-order valence-electron chi connectivity index (χ3n) is 2.13. The first-order valence-corrected chi connectivity index (χ1v) is 4.84. The van der Waals surface area contributed by atoms with Gasteiger partial charge >= 0.3 is 11.6 Å². The maximum Gasteiger partial charge on any atom is 0.419 e. The second kappa shape index (κ2) is 4.94. The van der Waals surface area contributed by atoms with Gasteiger partial charge < -0.3 is 0 Å². The number of rotatable bonds is 3. The summed E-state index contributed by atoms with van der Waals surface area (Å²) in [6.45, 7) is 0. The van der Waals surface area contributed by atoms with Crippen LogP contribution in [0.4, 0.5) is 26.3 Å². The number of nitrogens with one attached hydrogen (secondary N) is 1. The largest absolute Gasteiger partial charge is 0.419 e. The van der Waals surface area contributed by atoms with Crippen molar-refractivity contribution in [2.45, 2.75) is 17.6 Å². The minimum Gasteiger partial charge on any atom is -0.271 e. The molecule has 1 unspecified atom stereocenters. The van der Waals surface area contributed by atoms with Crippen molar-refractivity contribution >= 4 is 11.6 Å². The zero-order chi connectivity index (χ0) is 14.1. The van der Waals surface area contributed by atoms with Crippen molar-refractivity contribution in [1.82, 2.24) is 5.43 Å². The zero-order valence-corrected chi connectivity index (χ0v) is 9.29. The van der Waals surface area contributed by atoms with E-state index in [1.165, 1.54) is 0 Å². The van der Waals surface area contributed by atoms with Crippen LogP contribution in [0.3, 0.4) is 0 Å². The first-order chi connectivity index (χ1) is 8.07. The number of nitrogens with two attached hydrogens (primary N) is 1. The van der Waals surface area contributed by atoms with Crippen LogP contribution >= 0.6 is 11.6 Å². The van der Waals surface area contributed by atoms with Gasteiger partial charge in [-0.25, -0.2) is 9.82 Å². The molecule has 0 saturated heterocycles. The Balaban J connectivity index is 3.19. The highest BCUT2D eigenvalue weighted by Gasteiger charge is 2.39. The van der Waals surface area contributed by atoms with Gasteiger partial charge in [-0.05, 0) is 29.3 Å². The van der Waals surface area contributed by atoms with E-state index in [1.807, 2.05) is 0 Å². The predicted octanol–water partition coefficient (Wildman–Crippen LogP) is 3.18. The molecule has 102 valence electrons. The molecule has 0 aromatic heterocycles. The maximum absolute atomic E-state index is 13.2. The highest BCUT2D eigenvalue weighted by Crippen LogP contribution is 2.37. The van der Waals surface area contributed by atoms with E-state index in [2.05, 4.69) is 0 Å². The molecular weight excluding hydrogens is 286 g/mol. The van der Waals surface area contributed by atoms with Crippen molar-refractivity contribution < 1.29 is 26.3 Å². The molecule has 0 spiro atoms. The van der Waals surface area contributed by atoms with Gasteiger partial charge in [0.2, 0.25) is 0 Å². The Labute approximate surface area is 103 Å². The first kappa shape index (κ1) is 15.1. The van der Waals surface area contributed by atoms with Gasteiger partial charge in [0, 0.05) is 0 Å². The maximum atomic E-state index is 13.2. The summed E-state index contributed by atoms with van der Waals surface area (Å²) in [4.78, 5) is 0. The van der Waals surface area contributed by atoms with Crippen LogP contribution < -0.4 is 11.3 Å². The second-order valence-electron chi connectivity index (χ2n) is 3.38. The standard InChI is InChI=1S/C9H7ClF6N2/c10-8(12,13)7(18-17)4-1-2-5(6(11)3-4)9(14,15)16/h1-3,7,18H,17H2. The van der Waals surface area contributed by atoms with Crippen LogP contribution in [0.15, 0.2) is 18.2 Å². The molecule has 1 aromatic rings. The third kappa shape index (κ3) is 3.27. The Bertz CT molecular complexity index is 428. The molecule has 0 aliphatic carbocycles. The molecule has 1 aromatic carbocycles. The summed E-state index contributed by atoms with van der Waals surface area (Å²) in [6.07, 6.45) is -4.91. The van der Waals surface area contributed by atoms with Crippen LogP contribution in [-0.4, -0.2) is 5.38 Å². The molecule has 0 saturated carbocycles. The highest BCUT2D eigenvalue weighted by molar-refractivity contribution is 6.22. The fourth-order valence-corrected chi connectivity index (χ4v) is 1.51. The average molecular weight is 293 g/mol. The molecule has 0 heterocycles. The number of benzene rings is 1. The van der Waals surface area contributed by atoms with Crippen molar-refractivity contribution in [2.75, 3.05) is 0 Å². The van der Waals surface area contributed by atoms with Crippen LogP contribution in [-0.2, 0) is 6.18 Å². The molecule has 2 nitrogen and oxygen atoms in total. The monoisotopic (exact) mass is 292 g/mol. The fourth-order valence-electron chi connectivity index (χ4n) is 1.32. The van der Waals surface area contributed by atoms with Crippen molar-refractivity contribution in [1.29, 1.82) is 0 Å². The minimum atomic E-state index is -4.91. The molecule has 3 N–H and O–H groups in total. The minimum absolute atomic E-state index is 0.309. The highest BCUT2D eigenvalue weighted by atomic mass is 35.5. The van der Waals surface area contributed by atoms with Gasteiger partial charge in [-0.1, -0.05) is 6.07 Å². The lowest BCUT2D eigenvalue weighted by Gasteiger charge is -2.21. The molecule has 9 heteroatoms. The van der Waals surface area contributed by atoms with E-state index in [0.717, 1.165) is 0 Å². The van der Waals surface area contributed by atoms with Gasteiger partial charge in [0.1, 0.15) is 11.9 Å². The van der Waals surface area contributed by atoms with E-state index in [-0.39, 0.29) is 0 Å². The van der Waals surface area contributed by atoms with Crippen LogP contribution in [0, 0.1) is 5.82 Å². The van der Waals surface area contributed by atoms with Crippen molar-refractivity contribution in [3.8, 4) is 0 Å². The van der Waals surface area contributed by atoms with Gasteiger partial charge in [-0.15, -0.1) is 0 Å². The summed E-state index contributed by atoms with van der Waals surface area (Å²) >= 11 is 4.70. The van der Waals surface area contributed by atoms with E-state index in [9.17, 15) is 26.3 Å². The lowest BCUT2D eigenvalue weighted by Crippen LogP contribution is -2.38. The van der Waals surface area contributed by atoms with E-state index >= 15 is 0 Å². The van der Waals surface area contributed by atoms with Crippen molar-refractivity contribution in [2.24, 2.45) is 5.84 Å². The van der Waals surface area contributed by atoms with Gasteiger partial charge in [-0.3, -0.25) is 5.84 Å². The van der Waals surface area contributed by atoms with E-state index in [0.29, 0.717) is 18.2 Å². The summed E-state index contributed by atoms with van der Waals surface area (Å²) in [5.41, 5.74) is -0.439. The summed E-state index contributed by atoms with van der Waals surface area (Å²) in [5.74, 6) is 3.13. The number of halogens is 7. The fraction of sp³-hybridized carbons (Fsp3) is 0.333. The molecule has 0 bridgehead atoms. The van der Waals surface area contributed by atoms with Crippen LogP contribution in [0.25, 0.3) is 0 Å². The third-order valence-corrected chi connectivity index (χ3v) is 2.34. The molecule has 1 atom stereocenters. The molecule has 1 rings (SSSR count). The van der Waals surface area contributed by atoms with Crippen LogP contribution in [0.5, 0.6) is 0 Å². The summed E-state index contributed by atoms with van der Waals surface area (Å²) in [5, 5.41) is -3.87. The molecule has 0 fully saturated rings. The Kier molecular flexibility index (Phi) is 4.14. The number of hydrazine groups is 1. The molecule has 0 radical (unpaired) electrons. The Morgan fingerprint density at radius 3 is 2.06 bits per heavy atom. The molecular formula is C9H7ClF6N2. The smallest absolute Gasteiger partial charge is 0.271 e. The van der Waals surface area contributed by atoms with E-state index in [1.54, 1.807) is 5.43 Å². The van der Waals surface area contributed by atoms with Gasteiger partial charge in [-0.2, -0.15) is 22.0 Å². The van der Waals surface area contributed by atoms with Crippen LogP contribution in [0.2, 0.25) is 0 Å². The molecule has 18 heavy (non-hydrogen) atoms. The zero-order valence-electron chi connectivity index (χ0n) is 8.53. The second-order valence-corrected chi connectivity index (χ2v) is 3.88. The van der Waals surface area contributed by atoms with Crippen LogP contribution in [0.1, 0.15) is 17.2 Å². The lowest BCUT2D eigenvalue weighted by molar-refractivity contribution is -0.140. The predicted molar refractivity (Wildman–Crippen MR) is 52.3 cm³/mol. The number of hydrogen-bond acceptors (Lipinski definition) is 2. The SMILES string of the molecule is NNC(c1ccc(C(F)(F)F)c(F)c1)C(F)(F)Cl. The Morgan fingerprint density at radius 2 is 1.72 bits per heavy atom. The van der Waals surface area contributed by atoms with E-state index < -0.39 is 34.5 Å². The summed E-state index contributed by atoms with van der Waals surface area (Å²) in [6, 6.07) is -0.676. The number of alkyl halides is 6. The van der Waals surface area contributed by atoms with E-state index in [4.69, 9.17) is 17.4 Å².